The Labute approximate surface area is 117 Å². The van der Waals surface area contributed by atoms with Crippen molar-refractivity contribution in [2.75, 3.05) is 11.4 Å². The van der Waals surface area contributed by atoms with Crippen molar-refractivity contribution < 1.29 is 14.7 Å². The Morgan fingerprint density at radius 1 is 1.56 bits per heavy atom. The van der Waals surface area contributed by atoms with Gasteiger partial charge in [-0.1, -0.05) is 27.7 Å². The minimum Gasteiger partial charge on any atom is -0.506 e. The highest BCUT2D eigenvalue weighted by Gasteiger charge is 2.33. The number of anilines is 1. The molecule has 1 aliphatic heterocycles. The molecule has 1 aliphatic rings. The summed E-state index contributed by atoms with van der Waals surface area (Å²) in [5.41, 5.74) is 0.495. The Morgan fingerprint density at radius 3 is 2.89 bits per heavy atom. The van der Waals surface area contributed by atoms with Crippen LogP contribution in [0.4, 0.5) is 5.69 Å². The molecule has 1 N–H and O–H groups in total. The van der Waals surface area contributed by atoms with Crippen molar-refractivity contribution in [2.45, 2.75) is 18.6 Å². The van der Waals surface area contributed by atoms with Crippen LogP contribution in [0.25, 0.3) is 0 Å². The molecule has 0 radical (unpaired) electrons. The highest BCUT2D eigenvalue weighted by Crippen LogP contribution is 2.35. The monoisotopic (exact) mass is 329 g/mol. The van der Waals surface area contributed by atoms with Crippen LogP contribution in [0.5, 0.6) is 5.75 Å². The number of halogens is 1. The van der Waals surface area contributed by atoms with Gasteiger partial charge in [0.05, 0.1) is 5.69 Å². The van der Waals surface area contributed by atoms with Crippen molar-refractivity contribution in [3.63, 3.8) is 0 Å². The second kappa shape index (κ2) is 5.32. The van der Waals surface area contributed by atoms with E-state index in [-0.39, 0.29) is 22.0 Å². The van der Waals surface area contributed by atoms with Crippen LogP contribution in [0, 0.1) is 0 Å². The smallest absolute Gasteiger partial charge is 0.228 e. The van der Waals surface area contributed by atoms with Crippen molar-refractivity contribution in [1.82, 2.24) is 0 Å². The zero-order valence-electron chi connectivity index (χ0n) is 9.72. The maximum atomic E-state index is 11.9. The lowest BCUT2D eigenvalue weighted by atomic mass is 10.2. The van der Waals surface area contributed by atoms with Gasteiger partial charge in [-0.3, -0.25) is 9.59 Å². The molecule has 1 fully saturated rings. The average molecular weight is 330 g/mol. The molecule has 0 aromatic heterocycles. The number of benzene rings is 1. The molecule has 0 bridgehead atoms. The predicted octanol–water partition coefficient (Wildman–Crippen LogP) is 2.54. The highest BCUT2D eigenvalue weighted by molar-refractivity contribution is 9.10. The third kappa shape index (κ3) is 2.87. The van der Waals surface area contributed by atoms with E-state index in [1.54, 1.807) is 18.2 Å². The molecular weight excluding hydrogens is 318 g/mol. The molecule has 1 saturated heterocycles. The van der Waals surface area contributed by atoms with Gasteiger partial charge in [0.2, 0.25) is 5.91 Å². The molecular formula is C12H12BrNO3S. The molecule has 18 heavy (non-hydrogen) atoms. The van der Waals surface area contributed by atoms with Gasteiger partial charge in [-0.15, -0.1) is 0 Å². The summed E-state index contributed by atoms with van der Waals surface area (Å²) in [5.74, 6) is -0.00225. The Bertz CT molecular complexity index is 506. The number of rotatable bonds is 2. The quantitative estimate of drug-likeness (QED) is 0.905. The molecule has 0 aliphatic carbocycles. The van der Waals surface area contributed by atoms with Gasteiger partial charge < -0.3 is 10.0 Å². The topological polar surface area (TPSA) is 57.6 Å². The second-order valence-electron chi connectivity index (χ2n) is 4.07. The van der Waals surface area contributed by atoms with Crippen LogP contribution in [-0.2, 0) is 9.59 Å². The SMILES string of the molecule is CC(=O)SC1CC(=O)N(c2ccc(Br)cc2O)C1. The largest absolute Gasteiger partial charge is 0.506 e. The van der Waals surface area contributed by atoms with Crippen LogP contribution in [0.1, 0.15) is 13.3 Å². The number of amides is 1. The molecule has 96 valence electrons. The van der Waals surface area contributed by atoms with Crippen molar-refractivity contribution in [2.24, 2.45) is 0 Å². The fourth-order valence-electron chi connectivity index (χ4n) is 1.95. The van der Waals surface area contributed by atoms with Crippen LogP contribution in [0.2, 0.25) is 0 Å². The Kier molecular flexibility index (Phi) is 3.97. The predicted molar refractivity (Wildman–Crippen MR) is 74.8 cm³/mol. The fraction of sp³-hybridized carbons (Fsp3) is 0.333. The summed E-state index contributed by atoms with van der Waals surface area (Å²) in [6.07, 6.45) is 0.333. The standard InChI is InChI=1S/C12H12BrNO3S/c1-7(15)18-9-5-12(17)14(6-9)10-3-2-8(13)4-11(10)16/h2-4,9,16H,5-6H2,1H3. The van der Waals surface area contributed by atoms with Crippen molar-refractivity contribution >= 4 is 44.4 Å². The molecule has 1 aromatic rings. The van der Waals surface area contributed by atoms with Crippen LogP contribution in [0.3, 0.4) is 0 Å². The van der Waals surface area contributed by atoms with Crippen molar-refractivity contribution in [3.8, 4) is 5.75 Å². The molecule has 2 rings (SSSR count). The Hall–Kier alpha value is -1.01. The van der Waals surface area contributed by atoms with E-state index in [0.717, 1.165) is 4.47 Å². The minimum atomic E-state index is -0.0635. The van der Waals surface area contributed by atoms with E-state index in [1.165, 1.54) is 23.6 Å². The summed E-state index contributed by atoms with van der Waals surface area (Å²) in [7, 11) is 0. The number of carbonyl (C=O) groups is 2. The van der Waals surface area contributed by atoms with Gasteiger partial charge in [-0.25, -0.2) is 0 Å². The number of carbonyl (C=O) groups excluding carboxylic acids is 2. The van der Waals surface area contributed by atoms with Crippen LogP contribution < -0.4 is 4.90 Å². The zero-order chi connectivity index (χ0) is 13.3. The lowest BCUT2D eigenvalue weighted by molar-refractivity contribution is -0.117. The molecule has 1 unspecified atom stereocenters. The molecule has 1 amide bonds. The first kappa shape index (κ1) is 13.4. The first-order chi connectivity index (χ1) is 8.47. The van der Waals surface area contributed by atoms with E-state index in [4.69, 9.17) is 0 Å². The number of phenols is 1. The lowest BCUT2D eigenvalue weighted by Gasteiger charge is -2.17. The van der Waals surface area contributed by atoms with E-state index in [2.05, 4.69) is 15.9 Å². The van der Waals surface area contributed by atoms with E-state index in [1.807, 2.05) is 0 Å². The van der Waals surface area contributed by atoms with Crippen molar-refractivity contribution in [3.05, 3.63) is 22.7 Å². The number of thioether (sulfide) groups is 1. The average Bonchev–Trinajstić information content (AvgIpc) is 2.58. The van der Waals surface area contributed by atoms with Gasteiger partial charge in [0.15, 0.2) is 5.12 Å². The summed E-state index contributed by atoms with van der Waals surface area (Å²) in [5, 5.41) is 9.82. The third-order valence-electron chi connectivity index (χ3n) is 2.65. The molecule has 0 spiro atoms. The lowest BCUT2D eigenvalue weighted by Crippen LogP contribution is -2.24. The number of phenolic OH excluding ortho intramolecular Hbond substituents is 1. The maximum Gasteiger partial charge on any atom is 0.228 e. The fourth-order valence-corrected chi connectivity index (χ4v) is 3.21. The number of hydrogen-bond acceptors (Lipinski definition) is 4. The first-order valence-electron chi connectivity index (χ1n) is 5.43. The zero-order valence-corrected chi connectivity index (χ0v) is 12.1. The van der Waals surface area contributed by atoms with Gasteiger partial charge in [-0.05, 0) is 18.2 Å². The number of hydrogen-bond donors (Lipinski definition) is 1. The van der Waals surface area contributed by atoms with E-state index in [9.17, 15) is 14.7 Å². The molecule has 0 saturated carbocycles. The second-order valence-corrected chi connectivity index (χ2v) is 6.47. The molecule has 1 aromatic carbocycles. The van der Waals surface area contributed by atoms with Crippen molar-refractivity contribution in [1.29, 1.82) is 0 Å². The summed E-state index contributed by atoms with van der Waals surface area (Å²) in [6, 6.07) is 5.01. The summed E-state index contributed by atoms with van der Waals surface area (Å²) < 4.78 is 0.755. The summed E-state index contributed by atoms with van der Waals surface area (Å²) in [4.78, 5) is 24.5. The maximum absolute atomic E-state index is 11.9. The van der Waals surface area contributed by atoms with Gasteiger partial charge in [0.1, 0.15) is 5.75 Å². The normalized spacial score (nSPS) is 19.3. The summed E-state index contributed by atoms with van der Waals surface area (Å²) in [6.45, 7) is 1.95. The van der Waals surface area contributed by atoms with Gasteiger partial charge in [0.25, 0.3) is 0 Å². The van der Waals surface area contributed by atoms with Crippen LogP contribution in [0.15, 0.2) is 22.7 Å². The van der Waals surface area contributed by atoms with Crippen LogP contribution in [-0.4, -0.2) is 27.9 Å². The highest BCUT2D eigenvalue weighted by atomic mass is 79.9. The van der Waals surface area contributed by atoms with E-state index < -0.39 is 0 Å². The van der Waals surface area contributed by atoms with Gasteiger partial charge in [-0.2, -0.15) is 0 Å². The Balaban J connectivity index is 2.19. The molecule has 4 nitrogen and oxygen atoms in total. The molecule has 6 heteroatoms. The van der Waals surface area contributed by atoms with E-state index >= 15 is 0 Å². The van der Waals surface area contributed by atoms with E-state index in [0.29, 0.717) is 18.7 Å². The minimum absolute atomic E-state index is 0.00896. The van der Waals surface area contributed by atoms with Crippen LogP contribution >= 0.6 is 27.7 Å². The van der Waals surface area contributed by atoms with Gasteiger partial charge in [0, 0.05) is 29.6 Å². The number of nitrogens with zero attached hydrogens (tertiary/aromatic N) is 1. The Morgan fingerprint density at radius 2 is 2.28 bits per heavy atom. The molecule has 1 atom stereocenters. The first-order valence-corrected chi connectivity index (χ1v) is 7.10. The number of aromatic hydroxyl groups is 1. The summed E-state index contributed by atoms with van der Waals surface area (Å²) >= 11 is 4.43. The third-order valence-corrected chi connectivity index (χ3v) is 4.12. The van der Waals surface area contributed by atoms with Gasteiger partial charge >= 0.3 is 0 Å². The molecule has 1 heterocycles.